The number of carbonyl (C=O) groups excluding carboxylic acids is 2. The molecule has 2 aromatic carbocycles. The lowest BCUT2D eigenvalue weighted by atomic mass is 9.82. The highest BCUT2D eigenvalue weighted by molar-refractivity contribution is 5.77. The van der Waals surface area contributed by atoms with E-state index in [1.807, 2.05) is 24.3 Å². The summed E-state index contributed by atoms with van der Waals surface area (Å²) in [6.07, 6.45) is 2.69. The van der Waals surface area contributed by atoms with Crippen molar-refractivity contribution in [3.8, 4) is 16.9 Å². The third kappa shape index (κ3) is 4.31. The van der Waals surface area contributed by atoms with Crippen LogP contribution in [0.2, 0.25) is 0 Å². The number of esters is 2. The van der Waals surface area contributed by atoms with Crippen LogP contribution in [0.4, 0.5) is 0 Å². The van der Waals surface area contributed by atoms with Gasteiger partial charge in [0, 0.05) is 0 Å². The topological polar surface area (TPSA) is 52.6 Å². The van der Waals surface area contributed by atoms with Crippen LogP contribution >= 0.6 is 0 Å². The Morgan fingerprint density at radius 3 is 1.73 bits per heavy atom. The lowest BCUT2D eigenvalue weighted by Crippen LogP contribution is -2.29. The second-order valence-electron chi connectivity index (χ2n) is 6.88. The van der Waals surface area contributed by atoms with E-state index in [1.54, 1.807) is 0 Å². The lowest BCUT2D eigenvalue weighted by molar-refractivity contribution is -0.149. The van der Waals surface area contributed by atoms with Crippen LogP contribution in [0.25, 0.3) is 11.1 Å². The third-order valence-electron chi connectivity index (χ3n) is 5.05. The minimum atomic E-state index is -0.212. The number of methoxy groups -OCH3 is 1. The molecule has 0 atom stereocenters. The summed E-state index contributed by atoms with van der Waals surface area (Å²) < 4.78 is 10.3. The van der Waals surface area contributed by atoms with Crippen LogP contribution in [0, 0.1) is 18.8 Å². The number of rotatable bonds is 4. The SMILES string of the molecule is COC(=O)C1CCC(C(=O)Oc2ccc(-c3ccc(C)cc3)cc2)CC1. The highest BCUT2D eigenvalue weighted by Gasteiger charge is 2.31. The van der Waals surface area contributed by atoms with E-state index >= 15 is 0 Å². The largest absolute Gasteiger partial charge is 0.469 e. The van der Waals surface area contributed by atoms with Gasteiger partial charge in [0.25, 0.3) is 0 Å². The van der Waals surface area contributed by atoms with Crippen LogP contribution < -0.4 is 4.74 Å². The number of hydrogen-bond donors (Lipinski definition) is 0. The van der Waals surface area contributed by atoms with E-state index < -0.39 is 0 Å². The van der Waals surface area contributed by atoms with Crippen molar-refractivity contribution in [1.82, 2.24) is 0 Å². The average molecular weight is 352 g/mol. The Kier molecular flexibility index (Phi) is 5.71. The van der Waals surface area contributed by atoms with E-state index in [4.69, 9.17) is 9.47 Å². The quantitative estimate of drug-likeness (QED) is 0.598. The minimum Gasteiger partial charge on any atom is -0.469 e. The van der Waals surface area contributed by atoms with Gasteiger partial charge in [0.2, 0.25) is 0 Å². The van der Waals surface area contributed by atoms with Crippen LogP contribution in [-0.4, -0.2) is 19.0 Å². The number of benzene rings is 2. The van der Waals surface area contributed by atoms with Crippen LogP contribution in [0.3, 0.4) is 0 Å². The first-order chi connectivity index (χ1) is 12.6. The Hall–Kier alpha value is -2.62. The zero-order chi connectivity index (χ0) is 18.5. The normalized spacial score (nSPS) is 19.6. The summed E-state index contributed by atoms with van der Waals surface area (Å²) in [5.41, 5.74) is 3.44. The Morgan fingerprint density at radius 1 is 0.769 bits per heavy atom. The average Bonchev–Trinajstić information content (AvgIpc) is 2.69. The fourth-order valence-electron chi connectivity index (χ4n) is 3.39. The zero-order valence-electron chi connectivity index (χ0n) is 15.2. The molecule has 0 aromatic heterocycles. The predicted molar refractivity (Wildman–Crippen MR) is 99.7 cm³/mol. The summed E-state index contributed by atoms with van der Waals surface area (Å²) >= 11 is 0. The Bertz CT molecular complexity index is 754. The van der Waals surface area contributed by atoms with Gasteiger partial charge in [0.1, 0.15) is 5.75 Å². The standard InChI is InChI=1S/C22H24O4/c1-15-3-5-16(6-4-15)17-11-13-20(14-12-17)26-22(24)19-9-7-18(8-10-19)21(23)25-2/h3-6,11-14,18-19H,7-10H2,1-2H3. The Balaban J connectivity index is 1.56. The van der Waals surface area contributed by atoms with Gasteiger partial charge < -0.3 is 9.47 Å². The molecule has 0 spiro atoms. The zero-order valence-corrected chi connectivity index (χ0v) is 15.2. The van der Waals surface area contributed by atoms with Gasteiger partial charge in [-0.15, -0.1) is 0 Å². The number of ether oxygens (including phenoxy) is 2. The first-order valence-corrected chi connectivity index (χ1v) is 9.03. The highest BCUT2D eigenvalue weighted by atomic mass is 16.5. The van der Waals surface area contributed by atoms with Gasteiger partial charge in [-0.2, -0.15) is 0 Å². The Morgan fingerprint density at radius 2 is 1.23 bits per heavy atom. The maximum atomic E-state index is 12.4. The van der Waals surface area contributed by atoms with Gasteiger partial charge in [-0.1, -0.05) is 42.0 Å². The molecule has 0 amide bonds. The van der Waals surface area contributed by atoms with Gasteiger partial charge in [0.05, 0.1) is 18.9 Å². The summed E-state index contributed by atoms with van der Waals surface area (Å²) in [6.45, 7) is 2.06. The van der Waals surface area contributed by atoms with E-state index in [1.165, 1.54) is 12.7 Å². The monoisotopic (exact) mass is 352 g/mol. The summed E-state index contributed by atoms with van der Waals surface area (Å²) in [7, 11) is 1.41. The van der Waals surface area contributed by atoms with Crippen LogP contribution in [0.15, 0.2) is 48.5 Å². The molecule has 1 aliphatic carbocycles. The van der Waals surface area contributed by atoms with Crippen molar-refractivity contribution in [3.63, 3.8) is 0 Å². The first-order valence-electron chi connectivity index (χ1n) is 9.03. The number of hydrogen-bond acceptors (Lipinski definition) is 4. The first kappa shape index (κ1) is 18.2. The van der Waals surface area contributed by atoms with Crippen molar-refractivity contribution >= 4 is 11.9 Å². The summed E-state index contributed by atoms with van der Waals surface area (Å²) in [4.78, 5) is 23.9. The lowest BCUT2D eigenvalue weighted by Gasteiger charge is -2.25. The molecule has 0 unspecified atom stereocenters. The number of carbonyl (C=O) groups is 2. The van der Waals surface area contributed by atoms with E-state index in [0.717, 1.165) is 11.1 Å². The van der Waals surface area contributed by atoms with E-state index in [2.05, 4.69) is 31.2 Å². The van der Waals surface area contributed by atoms with Crippen molar-refractivity contribution in [2.24, 2.45) is 11.8 Å². The van der Waals surface area contributed by atoms with Crippen molar-refractivity contribution < 1.29 is 19.1 Å². The fourth-order valence-corrected chi connectivity index (χ4v) is 3.39. The van der Waals surface area contributed by atoms with Crippen LogP contribution in [-0.2, 0) is 14.3 Å². The van der Waals surface area contributed by atoms with E-state index in [0.29, 0.717) is 31.4 Å². The molecule has 0 heterocycles. The molecule has 0 saturated heterocycles. The van der Waals surface area contributed by atoms with Crippen molar-refractivity contribution in [2.45, 2.75) is 32.6 Å². The van der Waals surface area contributed by atoms with E-state index in [-0.39, 0.29) is 23.8 Å². The van der Waals surface area contributed by atoms with Crippen molar-refractivity contribution in [2.75, 3.05) is 7.11 Å². The number of aryl methyl sites for hydroxylation is 1. The molecule has 136 valence electrons. The Labute approximate surface area is 154 Å². The molecule has 0 N–H and O–H groups in total. The maximum absolute atomic E-state index is 12.4. The fraction of sp³-hybridized carbons (Fsp3) is 0.364. The molecular weight excluding hydrogens is 328 g/mol. The molecule has 1 fully saturated rings. The van der Waals surface area contributed by atoms with Gasteiger partial charge >= 0.3 is 11.9 Å². The van der Waals surface area contributed by atoms with Gasteiger partial charge in [-0.05, 0) is 55.9 Å². The highest BCUT2D eigenvalue weighted by Crippen LogP contribution is 2.31. The molecule has 1 saturated carbocycles. The van der Waals surface area contributed by atoms with Crippen molar-refractivity contribution in [1.29, 1.82) is 0 Å². The van der Waals surface area contributed by atoms with Gasteiger partial charge in [-0.25, -0.2) is 0 Å². The van der Waals surface area contributed by atoms with Gasteiger partial charge in [-0.3, -0.25) is 9.59 Å². The van der Waals surface area contributed by atoms with Crippen LogP contribution in [0.1, 0.15) is 31.2 Å². The minimum absolute atomic E-state index is 0.0853. The maximum Gasteiger partial charge on any atom is 0.314 e. The molecule has 2 aromatic rings. The molecule has 0 bridgehead atoms. The summed E-state index contributed by atoms with van der Waals surface area (Å²) in [5.74, 6) is -0.0635. The van der Waals surface area contributed by atoms with Crippen molar-refractivity contribution in [3.05, 3.63) is 54.1 Å². The second-order valence-corrected chi connectivity index (χ2v) is 6.88. The molecule has 1 aliphatic rings. The summed E-state index contributed by atoms with van der Waals surface area (Å²) in [5, 5.41) is 0. The van der Waals surface area contributed by atoms with Crippen LogP contribution in [0.5, 0.6) is 5.75 Å². The third-order valence-corrected chi connectivity index (χ3v) is 5.05. The molecular formula is C22H24O4. The molecule has 4 nitrogen and oxygen atoms in total. The second kappa shape index (κ2) is 8.17. The van der Waals surface area contributed by atoms with E-state index in [9.17, 15) is 9.59 Å². The summed E-state index contributed by atoms with van der Waals surface area (Å²) in [6, 6.07) is 15.9. The molecule has 0 aliphatic heterocycles. The molecule has 4 heteroatoms. The smallest absolute Gasteiger partial charge is 0.314 e. The predicted octanol–water partition coefficient (Wildman–Crippen LogP) is 4.55. The molecule has 3 rings (SSSR count). The molecule has 26 heavy (non-hydrogen) atoms. The molecule has 0 radical (unpaired) electrons. The van der Waals surface area contributed by atoms with Gasteiger partial charge in [0.15, 0.2) is 0 Å².